The van der Waals surface area contributed by atoms with Crippen LogP contribution in [-0.2, 0) is 6.42 Å². The van der Waals surface area contributed by atoms with Crippen LogP contribution in [0.1, 0.15) is 17.7 Å². The Balaban J connectivity index is 0.00000338. The Morgan fingerprint density at radius 3 is 2.54 bits per heavy atom. The van der Waals surface area contributed by atoms with Crippen molar-refractivity contribution < 1.29 is 14.2 Å². The van der Waals surface area contributed by atoms with Gasteiger partial charge in [0.2, 0.25) is 5.95 Å². The number of allylic oxidation sites excluding steroid dienone is 1. The van der Waals surface area contributed by atoms with E-state index in [1.165, 1.54) is 0 Å². The molecule has 0 amide bonds. The normalized spacial score (nSPS) is 9.92. The Hall–Kier alpha value is -2.67. The Morgan fingerprint density at radius 2 is 1.88 bits per heavy atom. The SMILES string of the molecule is C=CCc1cc(OC)ccc1OCCCOc1c(C)nc(N)nc1N.Cl. The van der Waals surface area contributed by atoms with Crippen LogP contribution in [-0.4, -0.2) is 30.3 Å². The minimum Gasteiger partial charge on any atom is -0.497 e. The van der Waals surface area contributed by atoms with Crippen LogP contribution in [0.2, 0.25) is 0 Å². The molecule has 2 rings (SSSR count). The van der Waals surface area contributed by atoms with Crippen molar-refractivity contribution in [1.29, 1.82) is 0 Å². The number of nitrogen functional groups attached to an aromatic ring is 2. The quantitative estimate of drug-likeness (QED) is 0.508. The zero-order chi connectivity index (χ0) is 18.2. The average molecular weight is 381 g/mol. The molecule has 1 heterocycles. The summed E-state index contributed by atoms with van der Waals surface area (Å²) >= 11 is 0. The van der Waals surface area contributed by atoms with Crippen LogP contribution in [0.25, 0.3) is 0 Å². The van der Waals surface area contributed by atoms with E-state index in [0.29, 0.717) is 37.5 Å². The van der Waals surface area contributed by atoms with Gasteiger partial charge in [0, 0.05) is 12.0 Å². The Bertz CT molecular complexity index is 717. The molecule has 26 heavy (non-hydrogen) atoms. The summed E-state index contributed by atoms with van der Waals surface area (Å²) in [4.78, 5) is 7.93. The molecular formula is C18H25ClN4O3. The number of hydrogen-bond acceptors (Lipinski definition) is 7. The summed E-state index contributed by atoms with van der Waals surface area (Å²) in [7, 11) is 1.64. The second kappa shape index (κ2) is 10.4. The van der Waals surface area contributed by atoms with E-state index in [0.717, 1.165) is 17.1 Å². The van der Waals surface area contributed by atoms with Gasteiger partial charge >= 0.3 is 0 Å². The molecule has 0 bridgehead atoms. The molecule has 0 atom stereocenters. The number of anilines is 2. The molecular weight excluding hydrogens is 356 g/mol. The molecule has 0 aliphatic rings. The third-order valence-corrected chi connectivity index (χ3v) is 3.50. The van der Waals surface area contributed by atoms with Gasteiger partial charge in [-0.25, -0.2) is 4.98 Å². The molecule has 142 valence electrons. The number of halogens is 1. The molecule has 0 aliphatic heterocycles. The first-order valence-electron chi connectivity index (χ1n) is 7.98. The minimum absolute atomic E-state index is 0. The van der Waals surface area contributed by atoms with E-state index >= 15 is 0 Å². The van der Waals surface area contributed by atoms with Crippen molar-refractivity contribution in [2.45, 2.75) is 19.8 Å². The molecule has 0 radical (unpaired) electrons. The highest BCUT2D eigenvalue weighted by Gasteiger charge is 2.09. The first-order chi connectivity index (χ1) is 12.0. The second-order valence-electron chi connectivity index (χ2n) is 5.40. The third kappa shape index (κ3) is 5.70. The molecule has 7 nitrogen and oxygen atoms in total. The zero-order valence-electron chi connectivity index (χ0n) is 15.0. The highest BCUT2D eigenvalue weighted by molar-refractivity contribution is 5.85. The number of nitrogens with zero attached hydrogens (tertiary/aromatic N) is 2. The Kier molecular flexibility index (Phi) is 8.51. The molecule has 0 fully saturated rings. The summed E-state index contributed by atoms with van der Waals surface area (Å²) in [5.41, 5.74) is 13.0. The van der Waals surface area contributed by atoms with Gasteiger partial charge in [-0.1, -0.05) is 6.08 Å². The van der Waals surface area contributed by atoms with Gasteiger partial charge < -0.3 is 25.7 Å². The van der Waals surface area contributed by atoms with E-state index in [-0.39, 0.29) is 24.2 Å². The van der Waals surface area contributed by atoms with Crippen molar-refractivity contribution in [3.05, 3.63) is 42.1 Å². The van der Waals surface area contributed by atoms with Crippen molar-refractivity contribution in [3.8, 4) is 17.2 Å². The van der Waals surface area contributed by atoms with E-state index in [2.05, 4.69) is 16.5 Å². The fourth-order valence-electron chi connectivity index (χ4n) is 2.34. The van der Waals surface area contributed by atoms with Crippen molar-refractivity contribution >= 4 is 24.2 Å². The Morgan fingerprint density at radius 1 is 1.15 bits per heavy atom. The summed E-state index contributed by atoms with van der Waals surface area (Å²) in [6, 6.07) is 5.71. The lowest BCUT2D eigenvalue weighted by atomic mass is 10.1. The highest BCUT2D eigenvalue weighted by Crippen LogP contribution is 2.26. The van der Waals surface area contributed by atoms with Crippen molar-refractivity contribution in [3.63, 3.8) is 0 Å². The molecule has 0 saturated carbocycles. The predicted molar refractivity (Wildman–Crippen MR) is 105 cm³/mol. The maximum atomic E-state index is 5.84. The van der Waals surface area contributed by atoms with Crippen LogP contribution in [0, 0.1) is 6.92 Å². The zero-order valence-corrected chi connectivity index (χ0v) is 15.8. The Labute approximate surface area is 159 Å². The highest BCUT2D eigenvalue weighted by atomic mass is 35.5. The van der Waals surface area contributed by atoms with Crippen LogP contribution in [0.3, 0.4) is 0 Å². The summed E-state index contributed by atoms with van der Waals surface area (Å²) in [5.74, 6) is 2.45. The third-order valence-electron chi connectivity index (χ3n) is 3.50. The molecule has 0 spiro atoms. The number of aryl methyl sites for hydroxylation is 1. The number of ether oxygens (including phenoxy) is 3. The lowest BCUT2D eigenvalue weighted by Crippen LogP contribution is -2.10. The number of hydrogen-bond donors (Lipinski definition) is 2. The standard InChI is InChI=1S/C18H24N4O3.ClH/c1-4-6-13-11-14(23-3)7-8-15(13)24-9-5-10-25-16-12(2)21-18(20)22-17(16)19;/h4,7-8,11H,1,5-6,9-10H2,2-3H3,(H4,19,20,21,22);1H. The molecule has 1 aromatic heterocycles. The molecule has 0 aliphatic carbocycles. The number of benzene rings is 1. The van der Waals surface area contributed by atoms with E-state index in [1.54, 1.807) is 14.0 Å². The second-order valence-corrected chi connectivity index (χ2v) is 5.40. The maximum absolute atomic E-state index is 5.84. The molecule has 0 unspecified atom stereocenters. The van der Waals surface area contributed by atoms with Crippen LogP contribution >= 0.6 is 12.4 Å². The number of aromatic nitrogens is 2. The van der Waals surface area contributed by atoms with E-state index in [1.807, 2.05) is 24.3 Å². The topological polar surface area (TPSA) is 106 Å². The number of rotatable bonds is 9. The van der Waals surface area contributed by atoms with Crippen LogP contribution in [0.15, 0.2) is 30.9 Å². The largest absolute Gasteiger partial charge is 0.497 e. The van der Waals surface area contributed by atoms with Gasteiger partial charge in [-0.15, -0.1) is 19.0 Å². The van der Waals surface area contributed by atoms with Gasteiger partial charge in [-0.05, 0) is 31.5 Å². The average Bonchev–Trinajstić information content (AvgIpc) is 2.57. The predicted octanol–water partition coefficient (Wildman–Crippen LogP) is 2.96. The van der Waals surface area contributed by atoms with Crippen LogP contribution < -0.4 is 25.7 Å². The molecule has 2 aromatic rings. The monoisotopic (exact) mass is 380 g/mol. The molecule has 8 heteroatoms. The van der Waals surface area contributed by atoms with Gasteiger partial charge in [0.1, 0.15) is 11.5 Å². The summed E-state index contributed by atoms with van der Waals surface area (Å²) < 4.78 is 16.7. The summed E-state index contributed by atoms with van der Waals surface area (Å²) in [6.45, 7) is 6.49. The smallest absolute Gasteiger partial charge is 0.222 e. The molecule has 0 saturated heterocycles. The summed E-state index contributed by atoms with van der Waals surface area (Å²) in [5, 5.41) is 0. The fraction of sp³-hybridized carbons (Fsp3) is 0.333. The molecule has 4 N–H and O–H groups in total. The molecule has 1 aromatic carbocycles. The van der Waals surface area contributed by atoms with Crippen LogP contribution in [0.5, 0.6) is 17.2 Å². The van der Waals surface area contributed by atoms with E-state index in [4.69, 9.17) is 25.7 Å². The summed E-state index contributed by atoms with van der Waals surface area (Å²) in [6.07, 6.45) is 3.22. The first-order valence-corrected chi connectivity index (χ1v) is 7.98. The first kappa shape index (κ1) is 21.4. The lowest BCUT2D eigenvalue weighted by Gasteiger charge is -2.13. The van der Waals surface area contributed by atoms with E-state index < -0.39 is 0 Å². The van der Waals surface area contributed by atoms with Crippen molar-refractivity contribution in [2.24, 2.45) is 0 Å². The number of nitrogens with two attached hydrogens (primary N) is 2. The van der Waals surface area contributed by atoms with Crippen molar-refractivity contribution in [2.75, 3.05) is 31.8 Å². The fourth-order valence-corrected chi connectivity index (χ4v) is 2.34. The van der Waals surface area contributed by atoms with Gasteiger partial charge in [-0.3, -0.25) is 0 Å². The van der Waals surface area contributed by atoms with Crippen LogP contribution in [0.4, 0.5) is 11.8 Å². The van der Waals surface area contributed by atoms with Gasteiger partial charge in [0.25, 0.3) is 0 Å². The maximum Gasteiger partial charge on any atom is 0.222 e. The van der Waals surface area contributed by atoms with Gasteiger partial charge in [0.15, 0.2) is 11.6 Å². The lowest BCUT2D eigenvalue weighted by molar-refractivity contribution is 0.245. The van der Waals surface area contributed by atoms with Gasteiger partial charge in [0.05, 0.1) is 26.0 Å². The minimum atomic E-state index is 0. The van der Waals surface area contributed by atoms with E-state index in [9.17, 15) is 0 Å². The number of methoxy groups -OCH3 is 1. The van der Waals surface area contributed by atoms with Gasteiger partial charge in [-0.2, -0.15) is 4.98 Å². The van der Waals surface area contributed by atoms with Crippen molar-refractivity contribution in [1.82, 2.24) is 9.97 Å².